The summed E-state index contributed by atoms with van der Waals surface area (Å²) in [7, 11) is 0. The third-order valence-electron chi connectivity index (χ3n) is 5.76. The lowest BCUT2D eigenvalue weighted by molar-refractivity contribution is -0.119. The van der Waals surface area contributed by atoms with Gasteiger partial charge in [-0.2, -0.15) is 0 Å². The Hall–Kier alpha value is -1.59. The number of aromatic hydroxyl groups is 1. The summed E-state index contributed by atoms with van der Waals surface area (Å²) in [5.41, 5.74) is 2.07. The lowest BCUT2D eigenvalue weighted by atomic mass is 10.1. The number of benzene rings is 1. The minimum atomic E-state index is 0.225. The van der Waals surface area contributed by atoms with Crippen LogP contribution in [0.15, 0.2) is 18.2 Å². The number of phenolic OH excluding ortho intramolecular Hbond substituents is 1. The Morgan fingerprint density at radius 3 is 2.83 bits per heavy atom. The second-order valence-electron chi connectivity index (χ2n) is 7.38. The number of hydrogen-bond acceptors (Lipinski definition) is 4. The van der Waals surface area contributed by atoms with E-state index in [1.165, 1.54) is 19.3 Å². The van der Waals surface area contributed by atoms with Gasteiger partial charge in [0.25, 0.3) is 0 Å². The fourth-order valence-corrected chi connectivity index (χ4v) is 4.43. The van der Waals surface area contributed by atoms with Crippen LogP contribution in [0.3, 0.4) is 0 Å². The van der Waals surface area contributed by atoms with Gasteiger partial charge in [0, 0.05) is 37.8 Å². The molecule has 3 heterocycles. The third-order valence-corrected chi connectivity index (χ3v) is 5.76. The Labute approximate surface area is 143 Å². The lowest BCUT2D eigenvalue weighted by Crippen LogP contribution is -2.41. The first-order valence-corrected chi connectivity index (χ1v) is 9.29. The molecule has 2 fully saturated rings. The standard InChI is InChI=1S/C19H27N3O2/c23-17-5-6-18-15(12-17)13-21-10-3-4-16(21)14-22(18)19(24)7-11-20-8-1-2-9-20/h5-6,12,16,23H,1-4,7-11,13-14H2. The number of hydrogen-bond donors (Lipinski definition) is 1. The molecule has 1 N–H and O–H groups in total. The van der Waals surface area contributed by atoms with E-state index in [0.29, 0.717) is 12.5 Å². The van der Waals surface area contributed by atoms with Gasteiger partial charge in [-0.1, -0.05) is 0 Å². The van der Waals surface area contributed by atoms with Crippen LogP contribution in [0, 0.1) is 0 Å². The van der Waals surface area contributed by atoms with Gasteiger partial charge in [-0.05, 0) is 69.1 Å². The number of phenols is 1. The molecule has 0 spiro atoms. The zero-order valence-electron chi connectivity index (χ0n) is 14.3. The molecule has 2 saturated heterocycles. The molecule has 3 aliphatic rings. The van der Waals surface area contributed by atoms with Crippen LogP contribution >= 0.6 is 0 Å². The van der Waals surface area contributed by atoms with Crippen LogP contribution in [-0.2, 0) is 11.3 Å². The molecule has 0 saturated carbocycles. The molecule has 24 heavy (non-hydrogen) atoms. The van der Waals surface area contributed by atoms with Gasteiger partial charge < -0.3 is 14.9 Å². The lowest BCUT2D eigenvalue weighted by Gasteiger charge is -2.27. The Balaban J connectivity index is 1.54. The van der Waals surface area contributed by atoms with Gasteiger partial charge >= 0.3 is 0 Å². The smallest absolute Gasteiger partial charge is 0.228 e. The summed E-state index contributed by atoms with van der Waals surface area (Å²) in [6.45, 7) is 5.86. The molecule has 1 aromatic carbocycles. The molecule has 0 radical (unpaired) electrons. The molecule has 1 atom stereocenters. The number of amides is 1. The minimum Gasteiger partial charge on any atom is -0.508 e. The highest BCUT2D eigenvalue weighted by Crippen LogP contribution is 2.33. The van der Waals surface area contributed by atoms with Gasteiger partial charge in [0.15, 0.2) is 0 Å². The van der Waals surface area contributed by atoms with E-state index in [2.05, 4.69) is 9.80 Å². The largest absolute Gasteiger partial charge is 0.508 e. The maximum absolute atomic E-state index is 13.0. The molecule has 0 aromatic heterocycles. The number of fused-ring (bicyclic) bond motifs is 2. The Morgan fingerprint density at radius 1 is 1.17 bits per heavy atom. The molecule has 1 amide bonds. The third kappa shape index (κ3) is 3.15. The molecule has 0 aliphatic carbocycles. The average Bonchev–Trinajstić information content (AvgIpc) is 3.21. The van der Waals surface area contributed by atoms with Crippen molar-refractivity contribution in [3.8, 4) is 5.75 Å². The van der Waals surface area contributed by atoms with E-state index in [0.717, 1.165) is 56.9 Å². The quantitative estimate of drug-likeness (QED) is 0.923. The SMILES string of the molecule is O=C(CCN1CCCC1)N1CC2CCCN2Cc2cc(O)ccc21. The molecule has 5 nitrogen and oxygen atoms in total. The van der Waals surface area contributed by atoms with E-state index in [1.54, 1.807) is 6.07 Å². The number of likely N-dealkylation sites (tertiary alicyclic amines) is 1. The van der Waals surface area contributed by atoms with Crippen molar-refractivity contribution in [2.75, 3.05) is 37.6 Å². The van der Waals surface area contributed by atoms with Crippen molar-refractivity contribution in [1.29, 1.82) is 0 Å². The Kier molecular flexibility index (Phi) is 4.46. The number of anilines is 1. The number of carbonyl (C=O) groups is 1. The van der Waals surface area contributed by atoms with E-state index in [4.69, 9.17) is 0 Å². The van der Waals surface area contributed by atoms with Gasteiger partial charge in [-0.25, -0.2) is 0 Å². The summed E-state index contributed by atoms with van der Waals surface area (Å²) >= 11 is 0. The van der Waals surface area contributed by atoms with Gasteiger partial charge in [0.1, 0.15) is 5.75 Å². The first-order valence-electron chi connectivity index (χ1n) is 9.29. The highest BCUT2D eigenvalue weighted by molar-refractivity contribution is 5.94. The fourth-order valence-electron chi connectivity index (χ4n) is 4.43. The van der Waals surface area contributed by atoms with E-state index >= 15 is 0 Å². The topological polar surface area (TPSA) is 47.0 Å². The molecular formula is C19H27N3O2. The summed E-state index contributed by atoms with van der Waals surface area (Å²) in [4.78, 5) is 19.8. The van der Waals surface area contributed by atoms with Crippen molar-refractivity contribution in [2.24, 2.45) is 0 Å². The van der Waals surface area contributed by atoms with E-state index < -0.39 is 0 Å². The Morgan fingerprint density at radius 2 is 2.00 bits per heavy atom. The van der Waals surface area contributed by atoms with Crippen LogP contribution in [0.5, 0.6) is 5.75 Å². The monoisotopic (exact) mass is 329 g/mol. The predicted molar refractivity (Wildman–Crippen MR) is 94.2 cm³/mol. The molecule has 3 aliphatic heterocycles. The van der Waals surface area contributed by atoms with Crippen LogP contribution < -0.4 is 4.90 Å². The van der Waals surface area contributed by atoms with Gasteiger partial charge in [0.2, 0.25) is 5.91 Å². The zero-order valence-corrected chi connectivity index (χ0v) is 14.3. The van der Waals surface area contributed by atoms with Crippen LogP contribution in [0.25, 0.3) is 0 Å². The van der Waals surface area contributed by atoms with Gasteiger partial charge in [-0.15, -0.1) is 0 Å². The van der Waals surface area contributed by atoms with Crippen molar-refractivity contribution in [3.63, 3.8) is 0 Å². The first kappa shape index (κ1) is 15.9. The average molecular weight is 329 g/mol. The van der Waals surface area contributed by atoms with Crippen LogP contribution in [-0.4, -0.2) is 59.6 Å². The van der Waals surface area contributed by atoms with Crippen molar-refractivity contribution < 1.29 is 9.90 Å². The normalized spacial score (nSPS) is 24.7. The molecule has 1 aromatic rings. The fraction of sp³-hybridized carbons (Fsp3) is 0.632. The van der Waals surface area contributed by atoms with E-state index in [9.17, 15) is 9.90 Å². The maximum Gasteiger partial charge on any atom is 0.228 e. The second-order valence-corrected chi connectivity index (χ2v) is 7.38. The van der Waals surface area contributed by atoms with Crippen molar-refractivity contribution in [3.05, 3.63) is 23.8 Å². The number of rotatable bonds is 3. The Bertz CT molecular complexity index is 613. The summed E-state index contributed by atoms with van der Waals surface area (Å²) in [6.07, 6.45) is 5.48. The molecular weight excluding hydrogens is 302 g/mol. The molecule has 1 unspecified atom stereocenters. The maximum atomic E-state index is 13.0. The summed E-state index contributed by atoms with van der Waals surface area (Å²) in [6, 6.07) is 5.91. The predicted octanol–water partition coefficient (Wildman–Crippen LogP) is 2.19. The van der Waals surface area contributed by atoms with Gasteiger partial charge in [0.05, 0.1) is 0 Å². The zero-order chi connectivity index (χ0) is 16.5. The molecule has 0 bridgehead atoms. The van der Waals surface area contributed by atoms with Crippen molar-refractivity contribution in [2.45, 2.75) is 44.7 Å². The highest BCUT2D eigenvalue weighted by Gasteiger charge is 2.33. The highest BCUT2D eigenvalue weighted by atomic mass is 16.3. The summed E-state index contributed by atoms with van der Waals surface area (Å²) < 4.78 is 0. The molecule has 4 rings (SSSR count). The van der Waals surface area contributed by atoms with Crippen molar-refractivity contribution in [1.82, 2.24) is 9.80 Å². The summed E-state index contributed by atoms with van der Waals surface area (Å²) in [5, 5.41) is 9.86. The molecule has 130 valence electrons. The minimum absolute atomic E-state index is 0.225. The second kappa shape index (κ2) is 6.73. The van der Waals surface area contributed by atoms with E-state index in [1.807, 2.05) is 17.0 Å². The van der Waals surface area contributed by atoms with Crippen LogP contribution in [0.4, 0.5) is 5.69 Å². The number of nitrogens with zero attached hydrogens (tertiary/aromatic N) is 3. The van der Waals surface area contributed by atoms with E-state index in [-0.39, 0.29) is 11.7 Å². The van der Waals surface area contributed by atoms with Crippen molar-refractivity contribution >= 4 is 11.6 Å². The first-order chi connectivity index (χ1) is 11.7. The van der Waals surface area contributed by atoms with Crippen LogP contribution in [0.2, 0.25) is 0 Å². The number of carbonyl (C=O) groups excluding carboxylic acids is 1. The van der Waals surface area contributed by atoms with Crippen LogP contribution in [0.1, 0.15) is 37.7 Å². The summed E-state index contributed by atoms with van der Waals surface area (Å²) in [5.74, 6) is 0.512. The molecule has 5 heteroatoms. The van der Waals surface area contributed by atoms with Gasteiger partial charge in [-0.3, -0.25) is 9.69 Å².